The molecule has 1 aromatic carbocycles. The Morgan fingerprint density at radius 1 is 1.13 bits per heavy atom. The van der Waals surface area contributed by atoms with Crippen LogP contribution < -0.4 is 11.1 Å². The lowest BCUT2D eigenvalue weighted by Gasteiger charge is -2.07. The first kappa shape index (κ1) is 11.9. The summed E-state index contributed by atoms with van der Waals surface area (Å²) in [4.78, 5) is 0. The van der Waals surface area contributed by atoms with Crippen molar-refractivity contribution < 1.29 is 0 Å². The lowest BCUT2D eigenvalue weighted by atomic mass is 10.1. The first-order chi connectivity index (χ1) is 7.18. The van der Waals surface area contributed by atoms with Crippen molar-refractivity contribution in [2.24, 2.45) is 5.92 Å². The second kappa shape index (κ2) is 6.33. The summed E-state index contributed by atoms with van der Waals surface area (Å²) in [5.41, 5.74) is 7.59. The van der Waals surface area contributed by atoms with E-state index in [1.807, 2.05) is 24.3 Å². The van der Waals surface area contributed by atoms with Gasteiger partial charge in [-0.1, -0.05) is 26.7 Å². The summed E-state index contributed by atoms with van der Waals surface area (Å²) in [6.45, 7) is 5.59. The van der Waals surface area contributed by atoms with Crippen molar-refractivity contribution in [1.82, 2.24) is 0 Å². The molecule has 3 N–H and O–H groups in total. The van der Waals surface area contributed by atoms with Gasteiger partial charge in [0.15, 0.2) is 0 Å². The maximum Gasteiger partial charge on any atom is 0.0341 e. The van der Waals surface area contributed by atoms with E-state index in [0.717, 1.165) is 23.8 Å². The smallest absolute Gasteiger partial charge is 0.0341 e. The number of unbranched alkanes of at least 4 members (excludes halogenated alkanes) is 1. The number of nitrogens with two attached hydrogens (primary N) is 1. The standard InChI is InChI=1S/C13H22N2/c1-11(2)5-3-4-10-15-13-8-6-12(14)7-9-13/h6-9,11,15H,3-5,10,14H2,1-2H3. The van der Waals surface area contributed by atoms with Gasteiger partial charge < -0.3 is 11.1 Å². The third-order valence-electron chi connectivity index (χ3n) is 2.45. The number of anilines is 2. The van der Waals surface area contributed by atoms with Gasteiger partial charge in [-0.3, -0.25) is 0 Å². The van der Waals surface area contributed by atoms with Crippen LogP contribution in [0, 0.1) is 5.92 Å². The van der Waals surface area contributed by atoms with Crippen LogP contribution in [0.15, 0.2) is 24.3 Å². The van der Waals surface area contributed by atoms with E-state index in [0.29, 0.717) is 0 Å². The Labute approximate surface area is 92.9 Å². The molecule has 1 aromatic rings. The van der Waals surface area contributed by atoms with E-state index in [-0.39, 0.29) is 0 Å². The molecule has 0 saturated heterocycles. The molecule has 2 nitrogen and oxygen atoms in total. The fraction of sp³-hybridized carbons (Fsp3) is 0.538. The van der Waals surface area contributed by atoms with Gasteiger partial charge in [0.25, 0.3) is 0 Å². The van der Waals surface area contributed by atoms with Gasteiger partial charge in [-0.15, -0.1) is 0 Å². The van der Waals surface area contributed by atoms with Gasteiger partial charge in [0.2, 0.25) is 0 Å². The van der Waals surface area contributed by atoms with Crippen molar-refractivity contribution in [3.63, 3.8) is 0 Å². The fourth-order valence-electron chi connectivity index (χ4n) is 1.51. The summed E-state index contributed by atoms with van der Waals surface area (Å²) >= 11 is 0. The van der Waals surface area contributed by atoms with Crippen LogP contribution >= 0.6 is 0 Å². The van der Waals surface area contributed by atoms with Crippen molar-refractivity contribution in [3.8, 4) is 0 Å². The van der Waals surface area contributed by atoms with Crippen molar-refractivity contribution >= 4 is 11.4 Å². The molecule has 0 aliphatic heterocycles. The fourth-order valence-corrected chi connectivity index (χ4v) is 1.51. The molecule has 0 aromatic heterocycles. The first-order valence-electron chi connectivity index (χ1n) is 5.78. The molecule has 0 radical (unpaired) electrons. The Bertz CT molecular complexity index is 264. The monoisotopic (exact) mass is 206 g/mol. The number of hydrogen-bond donors (Lipinski definition) is 2. The van der Waals surface area contributed by atoms with Crippen molar-refractivity contribution in [3.05, 3.63) is 24.3 Å². The van der Waals surface area contributed by atoms with Crippen LogP contribution in [0.3, 0.4) is 0 Å². The SMILES string of the molecule is CC(C)CCCCNc1ccc(N)cc1. The molecule has 2 heteroatoms. The van der Waals surface area contributed by atoms with Gasteiger partial charge in [-0.25, -0.2) is 0 Å². The number of nitrogen functional groups attached to an aromatic ring is 1. The maximum atomic E-state index is 5.61. The highest BCUT2D eigenvalue weighted by molar-refractivity contribution is 5.50. The zero-order chi connectivity index (χ0) is 11.1. The van der Waals surface area contributed by atoms with Crippen molar-refractivity contribution in [1.29, 1.82) is 0 Å². The zero-order valence-electron chi connectivity index (χ0n) is 9.79. The van der Waals surface area contributed by atoms with Gasteiger partial charge in [0.05, 0.1) is 0 Å². The predicted molar refractivity (Wildman–Crippen MR) is 68.0 cm³/mol. The van der Waals surface area contributed by atoms with Gasteiger partial charge in [-0.05, 0) is 36.6 Å². The molecule has 84 valence electrons. The quantitative estimate of drug-likeness (QED) is 0.552. The molecule has 0 aliphatic rings. The van der Waals surface area contributed by atoms with Crippen LogP contribution in [0.4, 0.5) is 11.4 Å². The number of rotatable bonds is 6. The van der Waals surface area contributed by atoms with Gasteiger partial charge in [0.1, 0.15) is 0 Å². The largest absolute Gasteiger partial charge is 0.399 e. The second-order valence-electron chi connectivity index (χ2n) is 4.44. The van der Waals surface area contributed by atoms with E-state index in [9.17, 15) is 0 Å². The molecule has 0 bridgehead atoms. The van der Waals surface area contributed by atoms with Crippen LogP contribution in [0.2, 0.25) is 0 Å². The maximum absolute atomic E-state index is 5.61. The zero-order valence-corrected chi connectivity index (χ0v) is 9.79. The minimum absolute atomic E-state index is 0.820. The Balaban J connectivity index is 2.12. The predicted octanol–water partition coefficient (Wildman–Crippen LogP) is 3.51. The third kappa shape index (κ3) is 5.31. The van der Waals surface area contributed by atoms with E-state index >= 15 is 0 Å². The Morgan fingerprint density at radius 3 is 2.40 bits per heavy atom. The molecule has 0 spiro atoms. The van der Waals surface area contributed by atoms with E-state index < -0.39 is 0 Å². The van der Waals surface area contributed by atoms with E-state index in [2.05, 4.69) is 19.2 Å². The molecule has 0 amide bonds. The molecule has 0 fully saturated rings. The summed E-state index contributed by atoms with van der Waals surface area (Å²) in [7, 11) is 0. The number of nitrogens with one attached hydrogen (secondary N) is 1. The van der Waals surface area contributed by atoms with E-state index in [1.54, 1.807) is 0 Å². The molecular weight excluding hydrogens is 184 g/mol. The molecule has 0 saturated carbocycles. The molecule has 0 heterocycles. The minimum Gasteiger partial charge on any atom is -0.399 e. The van der Waals surface area contributed by atoms with Gasteiger partial charge >= 0.3 is 0 Å². The van der Waals surface area contributed by atoms with Crippen LogP contribution in [0.1, 0.15) is 33.1 Å². The third-order valence-corrected chi connectivity index (χ3v) is 2.45. The lowest BCUT2D eigenvalue weighted by Crippen LogP contribution is -2.02. The Morgan fingerprint density at radius 2 is 1.80 bits per heavy atom. The van der Waals surface area contributed by atoms with Gasteiger partial charge in [-0.2, -0.15) is 0 Å². The summed E-state index contributed by atoms with van der Waals surface area (Å²) in [5, 5.41) is 3.39. The van der Waals surface area contributed by atoms with Crippen LogP contribution in [-0.4, -0.2) is 6.54 Å². The highest BCUT2D eigenvalue weighted by atomic mass is 14.9. The van der Waals surface area contributed by atoms with Crippen LogP contribution in [-0.2, 0) is 0 Å². The average molecular weight is 206 g/mol. The minimum atomic E-state index is 0.820. The highest BCUT2D eigenvalue weighted by Crippen LogP contribution is 2.11. The Kier molecular flexibility index (Phi) is 5.02. The molecular formula is C13H22N2. The molecule has 1 rings (SSSR count). The lowest BCUT2D eigenvalue weighted by molar-refractivity contribution is 0.545. The summed E-state index contributed by atoms with van der Waals surface area (Å²) < 4.78 is 0. The van der Waals surface area contributed by atoms with Crippen LogP contribution in [0.25, 0.3) is 0 Å². The van der Waals surface area contributed by atoms with E-state index in [4.69, 9.17) is 5.73 Å². The molecule has 0 atom stereocenters. The molecule has 0 unspecified atom stereocenters. The van der Waals surface area contributed by atoms with Crippen LogP contribution in [0.5, 0.6) is 0 Å². The first-order valence-corrected chi connectivity index (χ1v) is 5.78. The van der Waals surface area contributed by atoms with Crippen molar-refractivity contribution in [2.45, 2.75) is 33.1 Å². The molecule has 0 aliphatic carbocycles. The molecule has 15 heavy (non-hydrogen) atoms. The summed E-state index contributed by atoms with van der Waals surface area (Å²) in [6, 6.07) is 7.91. The Hall–Kier alpha value is -1.18. The topological polar surface area (TPSA) is 38.0 Å². The second-order valence-corrected chi connectivity index (χ2v) is 4.44. The van der Waals surface area contributed by atoms with Gasteiger partial charge in [0, 0.05) is 17.9 Å². The number of benzene rings is 1. The summed E-state index contributed by atoms with van der Waals surface area (Å²) in [5.74, 6) is 0.821. The summed E-state index contributed by atoms with van der Waals surface area (Å²) in [6.07, 6.45) is 3.87. The van der Waals surface area contributed by atoms with E-state index in [1.165, 1.54) is 19.3 Å². The number of hydrogen-bond acceptors (Lipinski definition) is 2. The highest BCUT2D eigenvalue weighted by Gasteiger charge is 1.94. The van der Waals surface area contributed by atoms with Crippen molar-refractivity contribution in [2.75, 3.05) is 17.6 Å². The average Bonchev–Trinajstić information content (AvgIpc) is 2.20. The normalized spacial score (nSPS) is 10.6.